The van der Waals surface area contributed by atoms with Crippen molar-refractivity contribution in [3.8, 4) is 0 Å². The van der Waals surface area contributed by atoms with E-state index in [2.05, 4.69) is 0 Å². The summed E-state index contributed by atoms with van der Waals surface area (Å²) in [4.78, 5) is 29.9. The Kier molecular flexibility index (Phi) is 23.8. The minimum Gasteiger partial charge on any atom is -0.876 e. The van der Waals surface area contributed by atoms with Crippen LogP contribution in [0.4, 0.5) is 0 Å². The molecule has 0 spiro atoms. The van der Waals surface area contributed by atoms with Gasteiger partial charge in [-0.25, -0.2) is 0 Å². The van der Waals surface area contributed by atoms with E-state index in [1.54, 1.807) is 0 Å². The van der Waals surface area contributed by atoms with E-state index in [4.69, 9.17) is 0 Å². The summed E-state index contributed by atoms with van der Waals surface area (Å²) in [6.45, 7) is 8.09. The molecule has 0 fully saturated rings. The monoisotopic (exact) mass is 438 g/mol. The van der Waals surface area contributed by atoms with Crippen LogP contribution in [-0.4, -0.2) is 17.3 Å². The van der Waals surface area contributed by atoms with Crippen molar-refractivity contribution in [3.05, 3.63) is 35.5 Å². The van der Waals surface area contributed by atoms with Crippen LogP contribution in [0, 0.1) is 41.3 Å². The molecule has 0 aromatic rings. The minimum atomic E-state index is -0.187. The van der Waals surface area contributed by atoms with Gasteiger partial charge in [0.05, 0.1) is 0 Å². The van der Waals surface area contributed by atoms with Crippen molar-refractivity contribution in [3.63, 3.8) is 0 Å². The smallest absolute Gasteiger partial charge is 0.876 e. The zero-order valence-corrected chi connectivity index (χ0v) is 17.5. The molecule has 0 amide bonds. The maximum atomic E-state index is 9.98. The predicted octanol–water partition coefficient (Wildman–Crippen LogP) is -0.481. The normalized spacial score (nSPS) is 10.9. The van der Waals surface area contributed by atoms with Crippen molar-refractivity contribution in [2.45, 2.75) is 41.5 Å². The molecule has 7 heteroatoms. The van der Waals surface area contributed by atoms with Gasteiger partial charge in [0.2, 0.25) is 0 Å². The molecule has 0 unspecified atom stereocenters. The van der Waals surface area contributed by atoms with Gasteiger partial charge < -0.3 is 15.3 Å². The van der Waals surface area contributed by atoms with Crippen LogP contribution in [0.5, 0.6) is 0 Å². The molecule has 0 heterocycles. The van der Waals surface area contributed by atoms with Crippen LogP contribution in [0.15, 0.2) is 35.5 Å². The second-order valence-corrected chi connectivity index (χ2v) is 4.10. The van der Waals surface area contributed by atoms with Gasteiger partial charge in [-0.05, 0) is 39.0 Å². The van der Waals surface area contributed by atoms with Crippen molar-refractivity contribution in [2.24, 2.45) is 0 Å². The van der Waals surface area contributed by atoms with Crippen LogP contribution in [0.1, 0.15) is 41.5 Å². The quantitative estimate of drug-likeness (QED) is 0.434. The molecule has 0 N–H and O–H groups in total. The molecular formula is C15H21O6Pr. The average Bonchev–Trinajstić information content (AvgIpc) is 2.10. The molecule has 6 nitrogen and oxygen atoms in total. The van der Waals surface area contributed by atoms with E-state index >= 15 is 0 Å². The van der Waals surface area contributed by atoms with Crippen molar-refractivity contribution in [1.82, 2.24) is 0 Å². The van der Waals surface area contributed by atoms with Crippen molar-refractivity contribution in [2.75, 3.05) is 0 Å². The number of hydrogen-bond donors (Lipinski definition) is 0. The maximum Gasteiger partial charge on any atom is 3.00 e. The molecular weight excluding hydrogens is 417 g/mol. The van der Waals surface area contributed by atoms with Gasteiger partial charge in [-0.15, -0.1) is 17.3 Å². The van der Waals surface area contributed by atoms with Gasteiger partial charge in [0.1, 0.15) is 0 Å². The van der Waals surface area contributed by atoms with Crippen LogP contribution < -0.4 is 15.3 Å². The van der Waals surface area contributed by atoms with E-state index in [9.17, 15) is 29.7 Å². The summed E-state index contributed by atoms with van der Waals surface area (Å²) in [5, 5.41) is 29.9. The Hall–Kier alpha value is -1.01. The molecule has 0 aromatic carbocycles. The Balaban J connectivity index is -0.000000108. The molecule has 120 valence electrons. The molecule has 0 atom stereocenters. The summed E-state index contributed by atoms with van der Waals surface area (Å²) in [6, 6.07) is 0. The first-order valence-electron chi connectivity index (χ1n) is 5.96. The van der Waals surface area contributed by atoms with E-state index in [0.29, 0.717) is 0 Å². The summed E-state index contributed by atoms with van der Waals surface area (Å²) in [7, 11) is 0. The molecule has 0 rings (SSSR count). The summed E-state index contributed by atoms with van der Waals surface area (Å²) < 4.78 is 0. The molecule has 0 aliphatic rings. The first kappa shape index (κ1) is 29.1. The van der Waals surface area contributed by atoms with Crippen LogP contribution in [0.25, 0.3) is 0 Å². The Morgan fingerprint density at radius 3 is 0.682 bits per heavy atom. The molecule has 0 bridgehead atoms. The van der Waals surface area contributed by atoms with Crippen molar-refractivity contribution < 1.29 is 71.0 Å². The van der Waals surface area contributed by atoms with E-state index in [1.807, 2.05) is 0 Å². The zero-order valence-electron chi connectivity index (χ0n) is 13.8. The zero-order chi connectivity index (χ0) is 17.6. The third-order valence-electron chi connectivity index (χ3n) is 1.22. The topological polar surface area (TPSA) is 120 Å². The first-order valence-corrected chi connectivity index (χ1v) is 5.96. The SMILES string of the molecule is CC(=O)/C=C(\C)[O-].CC(=O)/C=C(\C)[O-].CC(=O)/C=C(\C)[O-].[Pr+3]. The summed E-state index contributed by atoms with van der Waals surface area (Å²) in [5.41, 5.74) is 0. The third kappa shape index (κ3) is 50.9. The second kappa shape index (κ2) is 18.0. The van der Waals surface area contributed by atoms with Crippen LogP contribution in [0.3, 0.4) is 0 Å². The van der Waals surface area contributed by atoms with Gasteiger partial charge >= 0.3 is 41.3 Å². The predicted molar refractivity (Wildman–Crippen MR) is 73.3 cm³/mol. The fourth-order valence-corrected chi connectivity index (χ4v) is 0.859. The van der Waals surface area contributed by atoms with E-state index < -0.39 is 0 Å². The number of rotatable bonds is 3. The average molecular weight is 438 g/mol. The molecule has 0 saturated heterocycles. The Bertz CT molecular complexity index is 368. The maximum absolute atomic E-state index is 9.98. The minimum absolute atomic E-state index is 0. The van der Waals surface area contributed by atoms with Crippen LogP contribution in [0.2, 0.25) is 0 Å². The Morgan fingerprint density at radius 1 is 0.545 bits per heavy atom. The van der Waals surface area contributed by atoms with Gasteiger partial charge in [-0.1, -0.05) is 20.8 Å². The molecule has 0 aliphatic heterocycles. The summed E-state index contributed by atoms with van der Waals surface area (Å²) in [6.07, 6.45) is 3.17. The summed E-state index contributed by atoms with van der Waals surface area (Å²) >= 11 is 0. The fraction of sp³-hybridized carbons (Fsp3) is 0.400. The van der Waals surface area contributed by atoms with Crippen molar-refractivity contribution >= 4 is 17.3 Å². The Morgan fingerprint density at radius 2 is 0.682 bits per heavy atom. The van der Waals surface area contributed by atoms with Crippen LogP contribution in [-0.2, 0) is 14.4 Å². The molecule has 0 radical (unpaired) electrons. The van der Waals surface area contributed by atoms with Gasteiger partial charge in [0.25, 0.3) is 0 Å². The first-order chi connectivity index (χ1) is 9.38. The summed E-state index contributed by atoms with van der Waals surface area (Å²) in [5.74, 6) is -1.12. The number of allylic oxidation sites excluding steroid dienone is 6. The molecule has 0 aromatic heterocycles. The van der Waals surface area contributed by atoms with Gasteiger partial charge in [-0.3, -0.25) is 14.4 Å². The molecule has 22 heavy (non-hydrogen) atoms. The number of ketones is 3. The number of hydrogen-bond acceptors (Lipinski definition) is 6. The van der Waals surface area contributed by atoms with Gasteiger partial charge in [-0.2, -0.15) is 0 Å². The third-order valence-corrected chi connectivity index (χ3v) is 1.22. The van der Waals surface area contributed by atoms with Crippen LogP contribution >= 0.6 is 0 Å². The van der Waals surface area contributed by atoms with Gasteiger partial charge in [0.15, 0.2) is 17.3 Å². The standard InChI is InChI=1S/3C5H8O2.Pr/c3*1-4(6)3-5(2)7;/h3*3,6H,1-2H3;/q;;;+3/p-3/b3*4-3+;. The fourth-order valence-electron chi connectivity index (χ4n) is 0.859. The van der Waals surface area contributed by atoms with Gasteiger partial charge in [0, 0.05) is 0 Å². The number of carbonyl (C=O) groups is 3. The molecule has 0 saturated carbocycles. The molecule has 0 aliphatic carbocycles. The second-order valence-electron chi connectivity index (χ2n) is 4.10. The Labute approximate surface area is 164 Å². The van der Waals surface area contributed by atoms with E-state index in [1.165, 1.54) is 41.5 Å². The van der Waals surface area contributed by atoms with E-state index in [0.717, 1.165) is 18.2 Å². The van der Waals surface area contributed by atoms with Crippen molar-refractivity contribution in [1.29, 1.82) is 0 Å². The largest absolute Gasteiger partial charge is 3.00 e. The number of carbonyl (C=O) groups excluding carboxylic acids is 3. The van der Waals surface area contributed by atoms with E-state index in [-0.39, 0.29) is 75.9 Å².